The Hall–Kier alpha value is -3.44. The summed E-state index contributed by atoms with van der Waals surface area (Å²) < 4.78 is 0. The lowest BCUT2D eigenvalue weighted by Gasteiger charge is -2.19. The monoisotopic (exact) mass is 416 g/mol. The zero-order chi connectivity index (χ0) is 22.2. The van der Waals surface area contributed by atoms with Crippen LogP contribution in [0.5, 0.6) is 0 Å². The first-order valence-corrected chi connectivity index (χ1v) is 10.6. The zero-order valence-corrected chi connectivity index (χ0v) is 18.0. The molecule has 5 nitrogen and oxygen atoms in total. The summed E-state index contributed by atoms with van der Waals surface area (Å²) in [6.07, 6.45) is 0.610. The van der Waals surface area contributed by atoms with Crippen LogP contribution in [0.3, 0.4) is 0 Å². The van der Waals surface area contributed by atoms with Crippen molar-refractivity contribution >= 4 is 17.6 Å². The Kier molecular flexibility index (Phi) is 7.57. The zero-order valence-electron chi connectivity index (χ0n) is 18.0. The SMILES string of the molecule is CCN(CC)CCc1cc(NC(=O)c2ccc(-c3ccccc3)cc2)ccc1C(=O)O. The predicted molar refractivity (Wildman–Crippen MR) is 125 cm³/mol. The van der Waals surface area contributed by atoms with Crippen molar-refractivity contribution in [2.75, 3.05) is 25.0 Å². The maximum Gasteiger partial charge on any atom is 0.335 e. The molecule has 2 N–H and O–H groups in total. The van der Waals surface area contributed by atoms with Crippen LogP contribution in [0.4, 0.5) is 5.69 Å². The fraction of sp³-hybridized carbons (Fsp3) is 0.231. The van der Waals surface area contributed by atoms with Gasteiger partial charge in [-0.2, -0.15) is 0 Å². The Bertz CT molecular complexity index is 1030. The lowest BCUT2D eigenvalue weighted by Crippen LogP contribution is -2.26. The van der Waals surface area contributed by atoms with Gasteiger partial charge in [-0.3, -0.25) is 4.79 Å². The fourth-order valence-corrected chi connectivity index (χ4v) is 3.55. The molecule has 0 radical (unpaired) electrons. The highest BCUT2D eigenvalue weighted by molar-refractivity contribution is 6.04. The largest absolute Gasteiger partial charge is 0.478 e. The standard InChI is InChI=1S/C26H28N2O3/c1-3-28(4-2)17-16-22-18-23(14-15-24(22)26(30)31)27-25(29)21-12-10-20(11-13-21)19-8-6-5-7-9-19/h5-15,18H,3-4,16-17H2,1-2H3,(H,27,29)(H,30,31). The molecular weight excluding hydrogens is 388 g/mol. The molecule has 5 heteroatoms. The fourth-order valence-electron chi connectivity index (χ4n) is 3.55. The maximum atomic E-state index is 12.7. The third-order valence-electron chi connectivity index (χ3n) is 5.44. The lowest BCUT2D eigenvalue weighted by atomic mass is 10.0. The van der Waals surface area contributed by atoms with Crippen LogP contribution in [0, 0.1) is 0 Å². The minimum atomic E-state index is -0.955. The van der Waals surface area contributed by atoms with Gasteiger partial charge < -0.3 is 15.3 Å². The highest BCUT2D eigenvalue weighted by Gasteiger charge is 2.14. The Morgan fingerprint density at radius 2 is 1.52 bits per heavy atom. The number of carboxylic acids is 1. The molecule has 0 spiro atoms. The van der Waals surface area contributed by atoms with Crippen molar-refractivity contribution in [3.8, 4) is 11.1 Å². The average Bonchev–Trinajstić information content (AvgIpc) is 2.80. The van der Waals surface area contributed by atoms with E-state index in [1.165, 1.54) is 0 Å². The summed E-state index contributed by atoms with van der Waals surface area (Å²) >= 11 is 0. The van der Waals surface area contributed by atoms with Gasteiger partial charge in [0.1, 0.15) is 0 Å². The molecule has 3 aromatic rings. The van der Waals surface area contributed by atoms with E-state index in [2.05, 4.69) is 24.1 Å². The highest BCUT2D eigenvalue weighted by atomic mass is 16.4. The van der Waals surface area contributed by atoms with Gasteiger partial charge in [-0.25, -0.2) is 4.79 Å². The number of nitrogens with zero attached hydrogens (tertiary/aromatic N) is 1. The second-order valence-corrected chi connectivity index (χ2v) is 7.35. The number of anilines is 1. The van der Waals surface area contributed by atoms with Crippen molar-refractivity contribution in [1.82, 2.24) is 4.90 Å². The smallest absolute Gasteiger partial charge is 0.335 e. The van der Waals surface area contributed by atoms with Gasteiger partial charge >= 0.3 is 5.97 Å². The van der Waals surface area contributed by atoms with Crippen LogP contribution in [0.25, 0.3) is 11.1 Å². The average molecular weight is 417 g/mol. The summed E-state index contributed by atoms with van der Waals surface area (Å²) in [4.78, 5) is 26.6. The summed E-state index contributed by atoms with van der Waals surface area (Å²) in [6.45, 7) is 6.76. The molecule has 0 bridgehead atoms. The van der Waals surface area contributed by atoms with E-state index in [4.69, 9.17) is 0 Å². The maximum absolute atomic E-state index is 12.7. The molecule has 0 aromatic heterocycles. The number of amides is 1. The van der Waals surface area contributed by atoms with Crippen LogP contribution in [0.2, 0.25) is 0 Å². The minimum Gasteiger partial charge on any atom is -0.478 e. The van der Waals surface area contributed by atoms with Gasteiger partial charge in [0.15, 0.2) is 0 Å². The van der Waals surface area contributed by atoms with E-state index in [-0.39, 0.29) is 11.5 Å². The van der Waals surface area contributed by atoms with Crippen molar-refractivity contribution in [2.24, 2.45) is 0 Å². The third kappa shape index (κ3) is 5.80. The second kappa shape index (κ2) is 10.5. The van der Waals surface area contributed by atoms with Crippen molar-refractivity contribution in [3.05, 3.63) is 89.5 Å². The number of carbonyl (C=O) groups is 2. The molecule has 31 heavy (non-hydrogen) atoms. The van der Waals surface area contributed by atoms with E-state index < -0.39 is 5.97 Å². The van der Waals surface area contributed by atoms with Crippen LogP contribution >= 0.6 is 0 Å². The van der Waals surface area contributed by atoms with Gasteiger partial charge in [0.25, 0.3) is 5.91 Å². The van der Waals surface area contributed by atoms with Crippen molar-refractivity contribution in [3.63, 3.8) is 0 Å². The van der Waals surface area contributed by atoms with Gasteiger partial charge in [0.2, 0.25) is 0 Å². The normalized spacial score (nSPS) is 10.8. The molecule has 3 rings (SSSR count). The number of rotatable bonds is 9. The Labute approximate surface area is 183 Å². The molecule has 0 aliphatic heterocycles. The summed E-state index contributed by atoms with van der Waals surface area (Å²) in [7, 11) is 0. The van der Waals surface area contributed by atoms with E-state index >= 15 is 0 Å². The summed E-state index contributed by atoms with van der Waals surface area (Å²) in [5.74, 6) is -1.18. The second-order valence-electron chi connectivity index (χ2n) is 7.35. The van der Waals surface area contributed by atoms with Crippen molar-refractivity contribution in [2.45, 2.75) is 20.3 Å². The van der Waals surface area contributed by atoms with Crippen LogP contribution in [0.1, 0.15) is 40.1 Å². The van der Waals surface area contributed by atoms with E-state index in [1.807, 2.05) is 42.5 Å². The molecule has 0 heterocycles. The van der Waals surface area contributed by atoms with Gasteiger partial charge in [-0.05, 0) is 66.5 Å². The number of aromatic carboxylic acids is 1. The minimum absolute atomic E-state index is 0.225. The predicted octanol–water partition coefficient (Wildman–Crippen LogP) is 5.19. The molecular formula is C26H28N2O3. The van der Waals surface area contributed by atoms with Crippen LogP contribution in [-0.2, 0) is 6.42 Å². The number of nitrogens with one attached hydrogen (secondary N) is 1. The molecule has 0 saturated carbocycles. The van der Waals surface area contributed by atoms with E-state index in [1.54, 1.807) is 30.3 Å². The third-order valence-corrected chi connectivity index (χ3v) is 5.44. The quantitative estimate of drug-likeness (QED) is 0.504. The molecule has 1 amide bonds. The van der Waals surface area contributed by atoms with E-state index in [0.29, 0.717) is 17.7 Å². The number of hydrogen-bond donors (Lipinski definition) is 2. The van der Waals surface area contributed by atoms with Gasteiger partial charge in [-0.15, -0.1) is 0 Å². The molecule has 0 saturated heterocycles. The Balaban J connectivity index is 1.74. The Morgan fingerprint density at radius 1 is 0.871 bits per heavy atom. The molecule has 0 aliphatic carbocycles. The number of hydrogen-bond acceptors (Lipinski definition) is 3. The lowest BCUT2D eigenvalue weighted by molar-refractivity contribution is 0.0695. The molecule has 3 aromatic carbocycles. The van der Waals surface area contributed by atoms with E-state index in [0.717, 1.165) is 36.3 Å². The van der Waals surface area contributed by atoms with Crippen LogP contribution in [0.15, 0.2) is 72.8 Å². The summed E-state index contributed by atoms with van der Waals surface area (Å²) in [6, 6.07) is 22.4. The summed E-state index contributed by atoms with van der Waals surface area (Å²) in [5, 5.41) is 12.4. The van der Waals surface area contributed by atoms with Gasteiger partial charge in [-0.1, -0.05) is 56.3 Å². The van der Waals surface area contributed by atoms with Crippen molar-refractivity contribution < 1.29 is 14.7 Å². The highest BCUT2D eigenvalue weighted by Crippen LogP contribution is 2.21. The number of carboxylic acid groups (broad SMARTS) is 1. The van der Waals surface area contributed by atoms with E-state index in [9.17, 15) is 14.7 Å². The van der Waals surface area contributed by atoms with Gasteiger partial charge in [0, 0.05) is 17.8 Å². The van der Waals surface area contributed by atoms with Crippen molar-refractivity contribution in [1.29, 1.82) is 0 Å². The topological polar surface area (TPSA) is 69.6 Å². The number of benzene rings is 3. The summed E-state index contributed by atoms with van der Waals surface area (Å²) in [5.41, 5.74) is 4.27. The first-order valence-electron chi connectivity index (χ1n) is 10.6. The number of carbonyl (C=O) groups excluding carboxylic acids is 1. The van der Waals surface area contributed by atoms with Gasteiger partial charge in [0.05, 0.1) is 5.56 Å². The van der Waals surface area contributed by atoms with Crippen LogP contribution in [-0.4, -0.2) is 41.5 Å². The molecule has 160 valence electrons. The molecule has 0 fully saturated rings. The first-order chi connectivity index (χ1) is 15.0. The molecule has 0 unspecified atom stereocenters. The Morgan fingerprint density at radius 3 is 2.13 bits per heavy atom. The molecule has 0 atom stereocenters. The molecule has 0 aliphatic rings. The number of likely N-dealkylation sites (N-methyl/N-ethyl adjacent to an activating group) is 1. The first kappa shape index (κ1) is 22.2. The van der Waals surface area contributed by atoms with Crippen LogP contribution < -0.4 is 5.32 Å².